The predicted molar refractivity (Wildman–Crippen MR) is 84.4 cm³/mol. The smallest absolute Gasteiger partial charge is 0.330 e. The van der Waals surface area contributed by atoms with E-state index in [1.165, 1.54) is 12.8 Å². The minimum Gasteiger partial charge on any atom is -0.479 e. The molecule has 1 aliphatic heterocycles. The monoisotopic (exact) mass is 304 g/mol. The molecule has 2 N–H and O–H groups in total. The molecule has 1 aliphatic rings. The van der Waals surface area contributed by atoms with Crippen molar-refractivity contribution in [3.05, 3.63) is 35.9 Å². The van der Waals surface area contributed by atoms with Gasteiger partial charge in [0.1, 0.15) is 0 Å². The molecule has 0 saturated carbocycles. The molecular weight excluding hydrogens is 280 g/mol. The van der Waals surface area contributed by atoms with Crippen molar-refractivity contribution in [2.24, 2.45) is 5.92 Å². The number of nitrogens with zero attached hydrogens (tertiary/aromatic N) is 1. The van der Waals surface area contributed by atoms with Crippen LogP contribution in [0.15, 0.2) is 30.3 Å². The Morgan fingerprint density at radius 3 is 2.73 bits per heavy atom. The van der Waals surface area contributed by atoms with Gasteiger partial charge in [0.15, 0.2) is 6.04 Å². The quantitative estimate of drug-likeness (QED) is 0.844. The standard InChI is InChI=1S/C17H24N2O3/c1-13-6-5-10-19(12-13)11-9-15(20)18-16(17(21)22)14-7-3-2-4-8-14/h2-4,7-8,13,16H,5-6,9-12H2,1H3,(H,18,20)(H,21,22). The van der Waals surface area contributed by atoms with Crippen LogP contribution in [-0.4, -0.2) is 41.5 Å². The highest BCUT2D eigenvalue weighted by Crippen LogP contribution is 2.16. The second-order valence-electron chi connectivity index (χ2n) is 6.05. The summed E-state index contributed by atoms with van der Waals surface area (Å²) in [6, 6.07) is 7.81. The topological polar surface area (TPSA) is 69.6 Å². The number of aliphatic carboxylic acids is 1. The van der Waals surface area contributed by atoms with E-state index in [1.807, 2.05) is 6.07 Å². The lowest BCUT2D eigenvalue weighted by atomic mass is 10.0. The molecule has 0 bridgehead atoms. The van der Waals surface area contributed by atoms with Crippen LogP contribution in [0.1, 0.15) is 37.8 Å². The first-order chi connectivity index (χ1) is 10.6. The van der Waals surface area contributed by atoms with Gasteiger partial charge in [-0.3, -0.25) is 4.79 Å². The molecule has 0 aliphatic carbocycles. The lowest BCUT2D eigenvalue weighted by Crippen LogP contribution is -2.39. The molecule has 1 fully saturated rings. The van der Waals surface area contributed by atoms with E-state index < -0.39 is 12.0 Å². The number of carbonyl (C=O) groups is 2. The van der Waals surface area contributed by atoms with Gasteiger partial charge in [-0.2, -0.15) is 0 Å². The summed E-state index contributed by atoms with van der Waals surface area (Å²) in [5, 5.41) is 11.9. The maximum Gasteiger partial charge on any atom is 0.330 e. The van der Waals surface area contributed by atoms with Gasteiger partial charge in [0.05, 0.1) is 0 Å². The lowest BCUT2D eigenvalue weighted by Gasteiger charge is -2.30. The van der Waals surface area contributed by atoms with Crippen molar-refractivity contribution in [1.82, 2.24) is 10.2 Å². The Hall–Kier alpha value is -1.88. The molecule has 2 atom stereocenters. The van der Waals surface area contributed by atoms with Crippen LogP contribution in [0.2, 0.25) is 0 Å². The number of rotatable bonds is 6. The number of piperidine rings is 1. The van der Waals surface area contributed by atoms with E-state index in [4.69, 9.17) is 0 Å². The molecule has 1 aromatic rings. The van der Waals surface area contributed by atoms with Crippen molar-refractivity contribution in [3.63, 3.8) is 0 Å². The number of amides is 1. The maximum atomic E-state index is 12.1. The molecule has 5 nitrogen and oxygen atoms in total. The molecule has 1 aromatic carbocycles. The number of carboxylic acids is 1. The van der Waals surface area contributed by atoms with Gasteiger partial charge in [0.2, 0.25) is 5.91 Å². The zero-order valence-corrected chi connectivity index (χ0v) is 13.0. The molecule has 0 spiro atoms. The highest BCUT2D eigenvalue weighted by molar-refractivity contribution is 5.84. The van der Waals surface area contributed by atoms with Gasteiger partial charge >= 0.3 is 5.97 Å². The first-order valence-corrected chi connectivity index (χ1v) is 7.85. The molecule has 1 heterocycles. The highest BCUT2D eigenvalue weighted by atomic mass is 16.4. The summed E-state index contributed by atoms with van der Waals surface area (Å²) in [6.45, 7) is 4.96. The van der Waals surface area contributed by atoms with Gasteiger partial charge in [-0.05, 0) is 30.9 Å². The number of benzene rings is 1. The summed E-state index contributed by atoms with van der Waals surface area (Å²) >= 11 is 0. The second kappa shape index (κ2) is 7.94. The third-order valence-electron chi connectivity index (χ3n) is 4.08. The van der Waals surface area contributed by atoms with Crippen LogP contribution in [0.3, 0.4) is 0 Å². The summed E-state index contributed by atoms with van der Waals surface area (Å²) in [4.78, 5) is 25.7. The predicted octanol–water partition coefficient (Wildman–Crippen LogP) is 2.05. The minimum absolute atomic E-state index is 0.213. The van der Waals surface area contributed by atoms with E-state index in [-0.39, 0.29) is 5.91 Å². The summed E-state index contributed by atoms with van der Waals surface area (Å²) in [5.74, 6) is -0.575. The number of hydrogen-bond donors (Lipinski definition) is 2. The Labute approximate surface area is 131 Å². The van der Waals surface area contributed by atoms with Gasteiger partial charge in [-0.15, -0.1) is 0 Å². The number of carbonyl (C=O) groups excluding carboxylic acids is 1. The fourth-order valence-corrected chi connectivity index (χ4v) is 2.92. The van der Waals surface area contributed by atoms with Gasteiger partial charge in [0.25, 0.3) is 0 Å². The van der Waals surface area contributed by atoms with Crippen molar-refractivity contribution in [2.75, 3.05) is 19.6 Å². The van der Waals surface area contributed by atoms with Crippen LogP contribution in [0.25, 0.3) is 0 Å². The largest absolute Gasteiger partial charge is 0.479 e. The number of likely N-dealkylation sites (tertiary alicyclic amines) is 1. The van der Waals surface area contributed by atoms with E-state index in [2.05, 4.69) is 17.1 Å². The van der Waals surface area contributed by atoms with Crippen LogP contribution in [0.5, 0.6) is 0 Å². The Morgan fingerprint density at radius 1 is 1.36 bits per heavy atom. The van der Waals surface area contributed by atoms with Gasteiger partial charge in [-0.1, -0.05) is 37.3 Å². The fourth-order valence-electron chi connectivity index (χ4n) is 2.92. The molecule has 2 rings (SSSR count). The Balaban J connectivity index is 1.85. The zero-order valence-electron chi connectivity index (χ0n) is 13.0. The van der Waals surface area contributed by atoms with Crippen LogP contribution < -0.4 is 5.32 Å². The van der Waals surface area contributed by atoms with Gasteiger partial charge in [0, 0.05) is 19.5 Å². The lowest BCUT2D eigenvalue weighted by molar-refractivity contribution is -0.142. The van der Waals surface area contributed by atoms with E-state index in [0.717, 1.165) is 13.1 Å². The van der Waals surface area contributed by atoms with Crippen LogP contribution in [0, 0.1) is 5.92 Å². The van der Waals surface area contributed by atoms with Crippen molar-refractivity contribution in [1.29, 1.82) is 0 Å². The number of carboxylic acid groups (broad SMARTS) is 1. The number of hydrogen-bond acceptors (Lipinski definition) is 3. The summed E-state index contributed by atoms with van der Waals surface area (Å²) < 4.78 is 0. The Bertz CT molecular complexity index is 504. The first kappa shape index (κ1) is 16.5. The zero-order chi connectivity index (χ0) is 15.9. The van der Waals surface area contributed by atoms with Crippen LogP contribution in [-0.2, 0) is 9.59 Å². The molecule has 2 unspecified atom stereocenters. The van der Waals surface area contributed by atoms with Crippen LogP contribution >= 0.6 is 0 Å². The molecule has 1 saturated heterocycles. The molecule has 1 amide bonds. The first-order valence-electron chi connectivity index (χ1n) is 7.85. The molecule has 120 valence electrons. The fraction of sp³-hybridized carbons (Fsp3) is 0.529. The van der Waals surface area contributed by atoms with E-state index in [9.17, 15) is 14.7 Å². The average molecular weight is 304 g/mol. The minimum atomic E-state index is -1.04. The molecule has 5 heteroatoms. The van der Waals surface area contributed by atoms with E-state index in [1.54, 1.807) is 24.3 Å². The molecule has 0 radical (unpaired) electrons. The molecule has 22 heavy (non-hydrogen) atoms. The van der Waals surface area contributed by atoms with E-state index in [0.29, 0.717) is 24.4 Å². The van der Waals surface area contributed by atoms with Crippen LogP contribution in [0.4, 0.5) is 0 Å². The highest BCUT2D eigenvalue weighted by Gasteiger charge is 2.22. The Kier molecular flexibility index (Phi) is 5.95. The summed E-state index contributed by atoms with van der Waals surface area (Å²) in [7, 11) is 0. The molecule has 0 aromatic heterocycles. The third-order valence-corrected chi connectivity index (χ3v) is 4.08. The SMILES string of the molecule is CC1CCCN(CCC(=O)NC(C(=O)O)c2ccccc2)C1. The van der Waals surface area contributed by atoms with E-state index >= 15 is 0 Å². The maximum absolute atomic E-state index is 12.1. The second-order valence-corrected chi connectivity index (χ2v) is 6.05. The third kappa shape index (κ3) is 4.84. The van der Waals surface area contributed by atoms with Crippen molar-refractivity contribution < 1.29 is 14.7 Å². The summed E-state index contributed by atoms with van der Waals surface area (Å²) in [6.07, 6.45) is 2.76. The van der Waals surface area contributed by atoms with Crippen molar-refractivity contribution in [3.8, 4) is 0 Å². The summed E-state index contributed by atoms with van der Waals surface area (Å²) in [5.41, 5.74) is 0.593. The van der Waals surface area contributed by atoms with Crippen molar-refractivity contribution >= 4 is 11.9 Å². The Morgan fingerprint density at radius 2 is 2.09 bits per heavy atom. The van der Waals surface area contributed by atoms with Crippen molar-refractivity contribution in [2.45, 2.75) is 32.2 Å². The average Bonchev–Trinajstić information content (AvgIpc) is 2.51. The normalized spacial score (nSPS) is 20.3. The van der Waals surface area contributed by atoms with Gasteiger partial charge in [-0.25, -0.2) is 4.79 Å². The molecular formula is C17H24N2O3. The number of nitrogens with one attached hydrogen (secondary N) is 1. The van der Waals surface area contributed by atoms with Gasteiger partial charge < -0.3 is 15.3 Å².